The average molecular weight is 439 g/mol. The Balaban J connectivity index is 1.67. The molecular formula is C19H18ClF3N6O. The van der Waals surface area contributed by atoms with E-state index in [-0.39, 0.29) is 22.9 Å². The van der Waals surface area contributed by atoms with Crippen LogP contribution >= 0.6 is 11.6 Å². The van der Waals surface area contributed by atoms with Gasteiger partial charge in [0.25, 0.3) is 5.56 Å². The van der Waals surface area contributed by atoms with Gasteiger partial charge in [0.2, 0.25) is 0 Å². The third-order valence-corrected chi connectivity index (χ3v) is 5.54. The zero-order chi connectivity index (χ0) is 21.6. The zero-order valence-corrected chi connectivity index (χ0v) is 16.7. The van der Waals surface area contributed by atoms with Gasteiger partial charge in [0.1, 0.15) is 5.02 Å². The number of aromatic nitrogens is 4. The normalized spacial score (nSPS) is 14.1. The molecule has 0 spiro atoms. The van der Waals surface area contributed by atoms with Crippen molar-refractivity contribution in [2.45, 2.75) is 32.6 Å². The molecule has 11 heteroatoms. The minimum absolute atomic E-state index is 0.0221. The first-order chi connectivity index (χ1) is 14.1. The van der Waals surface area contributed by atoms with Crippen LogP contribution in [0.5, 0.6) is 0 Å². The number of H-pyrrole nitrogens is 1. The molecule has 0 radical (unpaired) electrons. The van der Waals surface area contributed by atoms with Gasteiger partial charge in [0.05, 0.1) is 24.0 Å². The molecule has 0 saturated carbocycles. The fourth-order valence-corrected chi connectivity index (χ4v) is 3.91. The van der Waals surface area contributed by atoms with Gasteiger partial charge in [-0.15, -0.1) is 0 Å². The van der Waals surface area contributed by atoms with E-state index in [1.807, 2.05) is 4.90 Å². The lowest BCUT2D eigenvalue weighted by atomic mass is 10.0. The van der Waals surface area contributed by atoms with Gasteiger partial charge in [-0.05, 0) is 18.6 Å². The van der Waals surface area contributed by atoms with E-state index in [4.69, 9.17) is 17.3 Å². The van der Waals surface area contributed by atoms with Gasteiger partial charge in [0, 0.05) is 30.8 Å². The van der Waals surface area contributed by atoms with E-state index in [2.05, 4.69) is 15.3 Å². The van der Waals surface area contributed by atoms with Gasteiger partial charge >= 0.3 is 6.18 Å². The Kier molecular flexibility index (Phi) is 4.97. The van der Waals surface area contributed by atoms with Crippen molar-refractivity contribution < 1.29 is 13.2 Å². The van der Waals surface area contributed by atoms with Crippen LogP contribution in [0.1, 0.15) is 27.9 Å². The molecule has 0 atom stereocenters. The van der Waals surface area contributed by atoms with Gasteiger partial charge in [-0.2, -0.15) is 23.4 Å². The van der Waals surface area contributed by atoms with Crippen molar-refractivity contribution >= 4 is 23.1 Å². The Morgan fingerprint density at radius 2 is 2.10 bits per heavy atom. The molecule has 1 aromatic carbocycles. The highest BCUT2D eigenvalue weighted by atomic mass is 35.5. The fourth-order valence-electron chi connectivity index (χ4n) is 3.70. The standard InChI is InChI=1S/C19H18ClF3N6O/c1-10-2-3-11(13(6-10)19(21,22)23)8-29-14-4-5-28(9-12(14)17(24)27-29)15-7-25-26-18(30)16(15)20/h2-3,6-7H,4-5,8-9H2,1H3,(H2,24,27)(H,26,30). The number of aromatic amines is 1. The number of halogens is 4. The number of nitrogen functional groups attached to an aromatic ring is 1. The lowest BCUT2D eigenvalue weighted by Crippen LogP contribution is -2.32. The van der Waals surface area contributed by atoms with E-state index in [0.717, 1.165) is 11.8 Å². The summed E-state index contributed by atoms with van der Waals surface area (Å²) in [5.74, 6) is 0.240. The molecule has 1 aliphatic heterocycles. The number of hydrogen-bond donors (Lipinski definition) is 2. The molecule has 0 unspecified atom stereocenters. The van der Waals surface area contributed by atoms with Gasteiger partial charge in [-0.1, -0.05) is 29.3 Å². The molecule has 7 nitrogen and oxygen atoms in total. The highest BCUT2D eigenvalue weighted by Crippen LogP contribution is 2.34. The van der Waals surface area contributed by atoms with Crippen LogP contribution in [0.15, 0.2) is 29.2 Å². The van der Waals surface area contributed by atoms with Crippen molar-refractivity contribution in [2.24, 2.45) is 0 Å². The minimum atomic E-state index is -4.46. The number of aryl methyl sites for hydroxylation is 1. The number of nitrogens with two attached hydrogens (primary N) is 1. The first-order valence-corrected chi connectivity index (χ1v) is 9.52. The Morgan fingerprint density at radius 1 is 1.33 bits per heavy atom. The lowest BCUT2D eigenvalue weighted by molar-refractivity contribution is -0.138. The smallest absolute Gasteiger partial charge is 0.382 e. The molecule has 0 fully saturated rings. The second kappa shape index (κ2) is 7.35. The summed E-state index contributed by atoms with van der Waals surface area (Å²) in [4.78, 5) is 13.6. The first-order valence-electron chi connectivity index (χ1n) is 9.14. The maximum Gasteiger partial charge on any atom is 0.416 e. The van der Waals surface area contributed by atoms with E-state index in [1.165, 1.54) is 16.9 Å². The Morgan fingerprint density at radius 3 is 2.83 bits per heavy atom. The molecule has 3 aromatic rings. The summed E-state index contributed by atoms with van der Waals surface area (Å²) in [6.07, 6.45) is -2.52. The molecule has 0 saturated heterocycles. The lowest BCUT2D eigenvalue weighted by Gasteiger charge is -2.29. The molecule has 3 heterocycles. The van der Waals surface area contributed by atoms with Crippen LogP contribution < -0.4 is 16.2 Å². The van der Waals surface area contributed by atoms with Crippen LogP contribution in [-0.2, 0) is 25.7 Å². The van der Waals surface area contributed by atoms with Crippen LogP contribution in [0.3, 0.4) is 0 Å². The highest BCUT2D eigenvalue weighted by molar-refractivity contribution is 6.33. The van der Waals surface area contributed by atoms with Crippen LogP contribution in [0.25, 0.3) is 0 Å². The summed E-state index contributed by atoms with van der Waals surface area (Å²) < 4.78 is 42.0. The maximum absolute atomic E-state index is 13.5. The van der Waals surface area contributed by atoms with E-state index in [0.29, 0.717) is 36.3 Å². The van der Waals surface area contributed by atoms with Crippen LogP contribution in [0.4, 0.5) is 24.7 Å². The van der Waals surface area contributed by atoms with Crippen molar-refractivity contribution in [3.05, 3.63) is 67.7 Å². The van der Waals surface area contributed by atoms with Crippen molar-refractivity contribution in [2.75, 3.05) is 17.2 Å². The van der Waals surface area contributed by atoms with Gasteiger partial charge in [0.15, 0.2) is 5.82 Å². The Hall–Kier alpha value is -3.01. The van der Waals surface area contributed by atoms with E-state index in [1.54, 1.807) is 13.0 Å². The number of rotatable bonds is 3. The SMILES string of the molecule is Cc1ccc(Cn2nc(N)c3c2CCN(c2cn[nH]c(=O)c2Cl)C3)c(C(F)(F)F)c1. The second-order valence-electron chi connectivity index (χ2n) is 7.20. The highest BCUT2D eigenvalue weighted by Gasteiger charge is 2.34. The van der Waals surface area contributed by atoms with Gasteiger partial charge in [-0.3, -0.25) is 9.48 Å². The molecule has 4 rings (SSSR count). The maximum atomic E-state index is 13.5. The molecule has 30 heavy (non-hydrogen) atoms. The monoisotopic (exact) mass is 438 g/mol. The van der Waals surface area contributed by atoms with Crippen LogP contribution in [-0.4, -0.2) is 26.5 Å². The minimum Gasteiger partial charge on any atom is -0.382 e. The quantitative estimate of drug-likeness (QED) is 0.655. The zero-order valence-electron chi connectivity index (χ0n) is 15.9. The van der Waals surface area contributed by atoms with Crippen LogP contribution in [0, 0.1) is 6.92 Å². The molecule has 2 aromatic heterocycles. The molecular weight excluding hydrogens is 421 g/mol. The molecule has 158 valence electrons. The number of alkyl halides is 3. The third-order valence-electron chi connectivity index (χ3n) is 5.17. The van der Waals surface area contributed by atoms with Crippen molar-refractivity contribution in [3.63, 3.8) is 0 Å². The van der Waals surface area contributed by atoms with Gasteiger partial charge < -0.3 is 10.6 Å². The number of benzene rings is 1. The summed E-state index contributed by atoms with van der Waals surface area (Å²) in [6, 6.07) is 4.26. The number of fused-ring (bicyclic) bond motifs is 1. The summed E-state index contributed by atoms with van der Waals surface area (Å²) in [5, 5.41) is 10.3. The number of anilines is 2. The number of nitrogens with one attached hydrogen (secondary N) is 1. The number of hydrogen-bond acceptors (Lipinski definition) is 5. The summed E-state index contributed by atoms with van der Waals surface area (Å²) in [5.41, 5.74) is 7.51. The van der Waals surface area contributed by atoms with Crippen LogP contribution in [0.2, 0.25) is 5.02 Å². The summed E-state index contributed by atoms with van der Waals surface area (Å²) >= 11 is 6.09. The first kappa shape index (κ1) is 20.3. The average Bonchev–Trinajstić information content (AvgIpc) is 2.99. The Bertz CT molecular complexity index is 1170. The van der Waals surface area contributed by atoms with Gasteiger partial charge in [-0.25, -0.2) is 5.10 Å². The van der Waals surface area contributed by atoms with Crippen molar-refractivity contribution in [1.29, 1.82) is 0 Å². The predicted octanol–water partition coefficient (Wildman–Crippen LogP) is 3.14. The third kappa shape index (κ3) is 3.62. The fraction of sp³-hybridized carbons (Fsp3) is 0.316. The van der Waals surface area contributed by atoms with E-state index < -0.39 is 17.3 Å². The van der Waals surface area contributed by atoms with Crippen molar-refractivity contribution in [1.82, 2.24) is 20.0 Å². The molecule has 0 bridgehead atoms. The van der Waals surface area contributed by atoms with E-state index >= 15 is 0 Å². The summed E-state index contributed by atoms with van der Waals surface area (Å²) in [6.45, 7) is 2.40. The molecule has 0 aliphatic carbocycles. The Labute approximate surface area is 174 Å². The van der Waals surface area contributed by atoms with Crippen molar-refractivity contribution in [3.8, 4) is 0 Å². The molecule has 0 amide bonds. The number of nitrogens with zero attached hydrogens (tertiary/aromatic N) is 4. The predicted molar refractivity (Wildman–Crippen MR) is 107 cm³/mol. The largest absolute Gasteiger partial charge is 0.416 e. The second-order valence-corrected chi connectivity index (χ2v) is 7.57. The summed E-state index contributed by atoms with van der Waals surface area (Å²) in [7, 11) is 0. The van der Waals surface area contributed by atoms with E-state index in [9.17, 15) is 18.0 Å². The molecule has 3 N–H and O–H groups in total. The topological polar surface area (TPSA) is 92.8 Å². The molecule has 1 aliphatic rings.